The lowest BCUT2D eigenvalue weighted by Crippen LogP contribution is -2.46. The van der Waals surface area contributed by atoms with Gasteiger partial charge < -0.3 is 45.4 Å². The highest BCUT2D eigenvalue weighted by atomic mass is 35.5. The standard InChI is InChI=1S/C51H56ClFN8O6/c1-31-25-32(27-34(53)26-31)40-29-57-47(45(48-59-42-14-13-33(52)28-43(42)60-48)46(40)61-21-15-35(16-22-61)58-50(64)67-51(2,3)4)55-19-18-54-44(62)17-23-65-24-20-56-49(63)66-30-41-38-11-7-5-9-36(38)37-10-6-8-12-39(37)41/h5-14,25-29,35,41H,15-24,30H2,1-4H3,(H,54,62)(H,55,57)(H,56,63)(H,58,64)(H,59,60). The predicted molar refractivity (Wildman–Crippen MR) is 259 cm³/mol. The molecule has 0 atom stereocenters. The first-order valence-corrected chi connectivity index (χ1v) is 23.1. The Kier molecular flexibility index (Phi) is 14.6. The monoisotopic (exact) mass is 930 g/mol. The van der Waals surface area contributed by atoms with Gasteiger partial charge in [-0.1, -0.05) is 66.2 Å². The molecule has 16 heteroatoms. The third kappa shape index (κ3) is 11.6. The Labute approximate surface area is 394 Å². The number of nitrogens with zero attached hydrogens (tertiary/aromatic N) is 3. The summed E-state index contributed by atoms with van der Waals surface area (Å²) in [5.74, 6) is 0.439. The number of carbonyl (C=O) groups excluding carboxylic acids is 3. The van der Waals surface area contributed by atoms with Gasteiger partial charge in [-0.15, -0.1) is 0 Å². The van der Waals surface area contributed by atoms with Crippen molar-refractivity contribution >= 4 is 52.2 Å². The maximum Gasteiger partial charge on any atom is 0.407 e. The number of nitrogens with one attached hydrogen (secondary N) is 5. The van der Waals surface area contributed by atoms with Crippen molar-refractivity contribution in [3.8, 4) is 33.6 Å². The fourth-order valence-electron chi connectivity index (χ4n) is 8.73. The molecule has 3 heterocycles. The minimum Gasteiger partial charge on any atom is -0.449 e. The number of piperidine rings is 1. The van der Waals surface area contributed by atoms with Crippen molar-refractivity contribution in [2.24, 2.45) is 0 Å². The summed E-state index contributed by atoms with van der Waals surface area (Å²) >= 11 is 6.39. The molecule has 2 aliphatic rings. The molecule has 0 unspecified atom stereocenters. The second kappa shape index (κ2) is 20.9. The summed E-state index contributed by atoms with van der Waals surface area (Å²) in [5, 5.41) is 12.7. The van der Waals surface area contributed by atoms with E-state index in [4.69, 9.17) is 35.8 Å². The van der Waals surface area contributed by atoms with Crippen LogP contribution in [0.25, 0.3) is 44.7 Å². The first-order valence-electron chi connectivity index (χ1n) is 22.7. The highest BCUT2D eigenvalue weighted by Crippen LogP contribution is 2.45. The van der Waals surface area contributed by atoms with E-state index in [0.29, 0.717) is 71.3 Å². The van der Waals surface area contributed by atoms with Crippen LogP contribution in [0.15, 0.2) is 91.1 Å². The van der Waals surface area contributed by atoms with Gasteiger partial charge in [0.05, 0.1) is 35.5 Å². The normalized spacial score (nSPS) is 13.8. The van der Waals surface area contributed by atoms with Crippen LogP contribution in [0, 0.1) is 12.7 Å². The predicted octanol–water partition coefficient (Wildman–Crippen LogP) is 9.36. The number of hydrogen-bond donors (Lipinski definition) is 5. The summed E-state index contributed by atoms with van der Waals surface area (Å²) in [5.41, 5.74) is 9.00. The number of imidazole rings is 1. The molecule has 67 heavy (non-hydrogen) atoms. The Morgan fingerprint density at radius 3 is 2.31 bits per heavy atom. The number of alkyl carbamates (subject to hydrolysis) is 2. The maximum absolute atomic E-state index is 15.0. The van der Waals surface area contributed by atoms with Crippen molar-refractivity contribution in [2.75, 3.05) is 62.8 Å². The molecule has 4 aromatic carbocycles. The van der Waals surface area contributed by atoms with Crippen molar-refractivity contribution in [1.29, 1.82) is 0 Å². The number of ether oxygens (including phenoxy) is 3. The van der Waals surface area contributed by atoms with Crippen molar-refractivity contribution in [1.82, 2.24) is 30.9 Å². The van der Waals surface area contributed by atoms with Gasteiger partial charge in [0.25, 0.3) is 0 Å². The third-order valence-electron chi connectivity index (χ3n) is 11.7. The molecule has 3 amide bonds. The van der Waals surface area contributed by atoms with Gasteiger partial charge in [-0.2, -0.15) is 0 Å². The van der Waals surface area contributed by atoms with Crippen LogP contribution >= 0.6 is 11.6 Å². The molecule has 0 radical (unpaired) electrons. The van der Waals surface area contributed by atoms with E-state index in [1.165, 1.54) is 12.1 Å². The molecule has 350 valence electrons. The van der Waals surface area contributed by atoms with E-state index in [1.54, 1.807) is 12.3 Å². The number of amides is 3. The largest absolute Gasteiger partial charge is 0.449 e. The van der Waals surface area contributed by atoms with E-state index in [-0.39, 0.29) is 63.0 Å². The highest BCUT2D eigenvalue weighted by molar-refractivity contribution is 6.31. The second-order valence-corrected chi connectivity index (χ2v) is 18.2. The molecule has 14 nitrogen and oxygen atoms in total. The van der Waals surface area contributed by atoms with Crippen LogP contribution in [0.2, 0.25) is 5.02 Å². The minimum atomic E-state index is -0.622. The third-order valence-corrected chi connectivity index (χ3v) is 11.9. The Hall–Kier alpha value is -6.71. The SMILES string of the molecule is Cc1cc(F)cc(-c2cnc(NCCNC(=O)CCOCCNC(=O)OCC3c4ccccc4-c4ccccc43)c(-c3nc4ccc(Cl)cc4[nH]3)c2N2CCC(NC(=O)OC(C)(C)C)CC2)c1. The van der Waals surface area contributed by atoms with Crippen LogP contribution in [0.1, 0.15) is 62.6 Å². The number of aromatic amines is 1. The van der Waals surface area contributed by atoms with Gasteiger partial charge in [-0.25, -0.2) is 23.9 Å². The molecule has 1 fully saturated rings. The quantitative estimate of drug-likeness (QED) is 0.0589. The van der Waals surface area contributed by atoms with Crippen LogP contribution < -0.4 is 26.2 Å². The number of aromatic nitrogens is 3. The molecule has 2 aromatic heterocycles. The van der Waals surface area contributed by atoms with Gasteiger partial charge in [0, 0.05) is 67.9 Å². The van der Waals surface area contributed by atoms with Gasteiger partial charge in [0.15, 0.2) is 0 Å². The summed E-state index contributed by atoms with van der Waals surface area (Å²) in [6.07, 6.45) is 2.14. The van der Waals surface area contributed by atoms with Crippen LogP contribution in [-0.2, 0) is 19.0 Å². The molecule has 0 saturated carbocycles. The molecular weight excluding hydrogens is 875 g/mol. The van der Waals surface area contributed by atoms with Crippen LogP contribution in [0.4, 0.5) is 25.5 Å². The average molecular weight is 932 g/mol. The summed E-state index contributed by atoms with van der Waals surface area (Å²) in [4.78, 5) is 53.6. The number of aryl methyl sites for hydroxylation is 1. The highest BCUT2D eigenvalue weighted by Gasteiger charge is 2.31. The number of pyridine rings is 1. The zero-order valence-electron chi connectivity index (χ0n) is 38.1. The second-order valence-electron chi connectivity index (χ2n) is 17.8. The fraction of sp³-hybridized carbons (Fsp3) is 0.353. The maximum atomic E-state index is 15.0. The van der Waals surface area contributed by atoms with Crippen LogP contribution in [-0.4, -0.2) is 97.2 Å². The Bertz CT molecular complexity index is 2680. The first-order chi connectivity index (χ1) is 32.3. The lowest BCUT2D eigenvalue weighted by atomic mass is 9.96. The summed E-state index contributed by atoms with van der Waals surface area (Å²) < 4.78 is 31.8. The van der Waals surface area contributed by atoms with Gasteiger partial charge in [0.1, 0.15) is 29.7 Å². The molecule has 1 aliphatic carbocycles. The van der Waals surface area contributed by atoms with Gasteiger partial charge >= 0.3 is 12.2 Å². The number of benzene rings is 4. The molecule has 1 aliphatic heterocycles. The summed E-state index contributed by atoms with van der Waals surface area (Å²) in [6.45, 7) is 9.90. The van der Waals surface area contributed by atoms with Crippen molar-refractivity contribution < 1.29 is 33.0 Å². The Balaban J connectivity index is 0.880. The number of H-pyrrole nitrogens is 1. The number of hydrogen-bond acceptors (Lipinski definition) is 10. The topological polar surface area (TPSA) is 172 Å². The number of carbonyl (C=O) groups is 3. The smallest absolute Gasteiger partial charge is 0.407 e. The van der Waals surface area contributed by atoms with E-state index >= 15 is 4.39 Å². The van der Waals surface area contributed by atoms with Crippen LogP contribution in [0.5, 0.6) is 0 Å². The molecular formula is C51H56ClFN8O6. The number of fused-ring (bicyclic) bond motifs is 4. The van der Waals surface area contributed by atoms with E-state index < -0.39 is 17.8 Å². The van der Waals surface area contributed by atoms with E-state index in [2.05, 4.69) is 55.4 Å². The molecule has 6 aromatic rings. The average Bonchev–Trinajstić information content (AvgIpc) is 3.85. The fourth-order valence-corrected chi connectivity index (χ4v) is 8.90. The zero-order chi connectivity index (χ0) is 47.1. The molecule has 0 bridgehead atoms. The number of anilines is 2. The molecule has 0 spiro atoms. The van der Waals surface area contributed by atoms with E-state index in [0.717, 1.165) is 39.0 Å². The van der Waals surface area contributed by atoms with Crippen molar-refractivity contribution in [3.63, 3.8) is 0 Å². The van der Waals surface area contributed by atoms with Crippen molar-refractivity contribution in [3.05, 3.63) is 119 Å². The van der Waals surface area contributed by atoms with Crippen molar-refractivity contribution in [2.45, 2.75) is 64.5 Å². The van der Waals surface area contributed by atoms with Gasteiger partial charge in [-0.05, 0) is 104 Å². The van der Waals surface area contributed by atoms with E-state index in [9.17, 15) is 14.4 Å². The number of rotatable bonds is 16. The zero-order valence-corrected chi connectivity index (χ0v) is 38.9. The lowest BCUT2D eigenvalue weighted by Gasteiger charge is -2.36. The van der Waals surface area contributed by atoms with Gasteiger partial charge in [0.2, 0.25) is 5.91 Å². The minimum absolute atomic E-state index is 0.0298. The lowest BCUT2D eigenvalue weighted by molar-refractivity contribution is -0.122. The van der Waals surface area contributed by atoms with Crippen LogP contribution in [0.3, 0.4) is 0 Å². The molecule has 8 rings (SSSR count). The van der Waals surface area contributed by atoms with E-state index in [1.807, 2.05) is 70.2 Å². The summed E-state index contributed by atoms with van der Waals surface area (Å²) in [6, 6.07) is 26.6. The Morgan fingerprint density at radius 1 is 0.866 bits per heavy atom. The first kappa shape index (κ1) is 46.8. The van der Waals surface area contributed by atoms with Gasteiger partial charge in [-0.3, -0.25) is 4.79 Å². The molecule has 1 saturated heterocycles. The number of halogens is 2. The molecule has 5 N–H and O–H groups in total. The summed E-state index contributed by atoms with van der Waals surface area (Å²) in [7, 11) is 0. The Morgan fingerprint density at radius 2 is 1.60 bits per heavy atom.